The second kappa shape index (κ2) is 7.08. The second-order valence-corrected chi connectivity index (χ2v) is 6.01. The molecule has 0 fully saturated rings. The zero-order valence-corrected chi connectivity index (χ0v) is 12.0. The molecule has 0 aromatic carbocycles. The Bertz CT molecular complexity index is 195. The van der Waals surface area contributed by atoms with Crippen molar-refractivity contribution in [3.63, 3.8) is 0 Å². The molecule has 0 aromatic heterocycles. The molecule has 0 spiro atoms. The van der Waals surface area contributed by atoms with E-state index in [4.69, 9.17) is 0 Å². The van der Waals surface area contributed by atoms with Crippen LogP contribution < -0.4 is 5.32 Å². The lowest BCUT2D eigenvalue weighted by molar-refractivity contribution is 0.154. The third-order valence-corrected chi connectivity index (χ3v) is 2.71. The maximum absolute atomic E-state index is 3.83. The van der Waals surface area contributed by atoms with Crippen LogP contribution in [0.5, 0.6) is 0 Å². The Morgan fingerprint density at radius 2 is 1.81 bits per heavy atom. The summed E-state index contributed by atoms with van der Waals surface area (Å²) in [6, 6.07) is 1.14. The summed E-state index contributed by atoms with van der Waals surface area (Å²) in [5.41, 5.74) is 0.303. The van der Waals surface area contributed by atoms with Crippen LogP contribution in [0.3, 0.4) is 0 Å². The second-order valence-electron chi connectivity index (χ2n) is 6.01. The standard InChI is InChI=1S/C14H30N2/c1-8-9-16(13(4)5)11-14(6,7)10-15-12(2)3/h8,12-13,15H,1,9-11H2,2-7H3. The number of hydrogen-bond donors (Lipinski definition) is 1. The fourth-order valence-electron chi connectivity index (χ4n) is 1.71. The highest BCUT2D eigenvalue weighted by Gasteiger charge is 2.22. The molecule has 0 atom stereocenters. The molecule has 0 aliphatic heterocycles. The van der Waals surface area contributed by atoms with Crippen LogP contribution in [0.4, 0.5) is 0 Å². The van der Waals surface area contributed by atoms with Gasteiger partial charge in [0.1, 0.15) is 0 Å². The van der Waals surface area contributed by atoms with Gasteiger partial charge in [0.2, 0.25) is 0 Å². The Morgan fingerprint density at radius 3 is 2.19 bits per heavy atom. The van der Waals surface area contributed by atoms with Gasteiger partial charge in [-0.3, -0.25) is 4.90 Å². The third kappa shape index (κ3) is 7.02. The Morgan fingerprint density at radius 1 is 1.25 bits per heavy atom. The van der Waals surface area contributed by atoms with Crippen LogP contribution in [-0.2, 0) is 0 Å². The van der Waals surface area contributed by atoms with Gasteiger partial charge in [0.05, 0.1) is 0 Å². The van der Waals surface area contributed by atoms with E-state index in [1.165, 1.54) is 0 Å². The first-order valence-electron chi connectivity index (χ1n) is 6.37. The smallest absolute Gasteiger partial charge is 0.0163 e. The Kier molecular flexibility index (Phi) is 6.93. The first-order chi connectivity index (χ1) is 7.28. The molecule has 1 N–H and O–H groups in total. The molecule has 0 saturated carbocycles. The molecule has 0 aliphatic rings. The van der Waals surface area contributed by atoms with E-state index in [9.17, 15) is 0 Å². The maximum Gasteiger partial charge on any atom is 0.0163 e. The number of nitrogens with one attached hydrogen (secondary N) is 1. The third-order valence-electron chi connectivity index (χ3n) is 2.71. The van der Waals surface area contributed by atoms with Crippen LogP contribution in [0, 0.1) is 5.41 Å². The molecular formula is C14H30N2. The summed E-state index contributed by atoms with van der Waals surface area (Å²) in [4.78, 5) is 2.47. The van der Waals surface area contributed by atoms with Gasteiger partial charge in [-0.05, 0) is 19.3 Å². The zero-order chi connectivity index (χ0) is 12.8. The number of rotatable bonds is 8. The summed E-state index contributed by atoms with van der Waals surface area (Å²) in [6.45, 7) is 20.5. The van der Waals surface area contributed by atoms with Crippen LogP contribution in [0.1, 0.15) is 41.5 Å². The molecule has 16 heavy (non-hydrogen) atoms. The minimum Gasteiger partial charge on any atom is -0.314 e. The average molecular weight is 226 g/mol. The van der Waals surface area contributed by atoms with Gasteiger partial charge in [-0.1, -0.05) is 33.8 Å². The lowest BCUT2D eigenvalue weighted by Crippen LogP contribution is -2.44. The predicted molar refractivity (Wildman–Crippen MR) is 73.8 cm³/mol. The van der Waals surface area contributed by atoms with Crippen molar-refractivity contribution in [3.8, 4) is 0 Å². The van der Waals surface area contributed by atoms with Gasteiger partial charge in [-0.15, -0.1) is 6.58 Å². The lowest BCUT2D eigenvalue weighted by Gasteiger charge is -2.35. The van der Waals surface area contributed by atoms with Gasteiger partial charge in [0.15, 0.2) is 0 Å². The zero-order valence-electron chi connectivity index (χ0n) is 12.0. The van der Waals surface area contributed by atoms with Gasteiger partial charge in [-0.2, -0.15) is 0 Å². The van der Waals surface area contributed by atoms with Crippen molar-refractivity contribution in [3.05, 3.63) is 12.7 Å². The molecule has 0 amide bonds. The molecule has 0 aliphatic carbocycles. The van der Waals surface area contributed by atoms with Crippen LogP contribution in [0.15, 0.2) is 12.7 Å². The van der Waals surface area contributed by atoms with Crippen molar-refractivity contribution in [2.24, 2.45) is 5.41 Å². The quantitative estimate of drug-likeness (QED) is 0.640. The normalized spacial score (nSPS) is 12.8. The van der Waals surface area contributed by atoms with E-state index in [-0.39, 0.29) is 0 Å². The summed E-state index contributed by atoms with van der Waals surface area (Å²) < 4.78 is 0. The number of nitrogens with zero attached hydrogens (tertiary/aromatic N) is 1. The largest absolute Gasteiger partial charge is 0.314 e. The molecule has 0 unspecified atom stereocenters. The van der Waals surface area contributed by atoms with E-state index in [1.54, 1.807) is 0 Å². The van der Waals surface area contributed by atoms with E-state index in [0.717, 1.165) is 19.6 Å². The topological polar surface area (TPSA) is 15.3 Å². The molecule has 0 bridgehead atoms. The van der Waals surface area contributed by atoms with Crippen LogP contribution >= 0.6 is 0 Å². The van der Waals surface area contributed by atoms with Gasteiger partial charge >= 0.3 is 0 Å². The first-order valence-corrected chi connectivity index (χ1v) is 6.37. The van der Waals surface area contributed by atoms with Crippen molar-refractivity contribution < 1.29 is 0 Å². The molecule has 2 heteroatoms. The summed E-state index contributed by atoms with van der Waals surface area (Å²) in [6.07, 6.45) is 1.99. The van der Waals surface area contributed by atoms with Gasteiger partial charge in [0, 0.05) is 31.7 Å². The van der Waals surface area contributed by atoms with E-state index in [2.05, 4.69) is 58.3 Å². The maximum atomic E-state index is 3.83. The average Bonchev–Trinajstić information content (AvgIpc) is 2.14. The Labute approximate surface area is 102 Å². The van der Waals surface area contributed by atoms with Crippen molar-refractivity contribution in [1.29, 1.82) is 0 Å². The van der Waals surface area contributed by atoms with E-state index >= 15 is 0 Å². The van der Waals surface area contributed by atoms with Crippen LogP contribution in [0.25, 0.3) is 0 Å². The van der Waals surface area contributed by atoms with Crippen LogP contribution in [0.2, 0.25) is 0 Å². The summed E-state index contributed by atoms with van der Waals surface area (Å²) >= 11 is 0. The van der Waals surface area contributed by atoms with E-state index < -0.39 is 0 Å². The fraction of sp³-hybridized carbons (Fsp3) is 0.857. The van der Waals surface area contributed by atoms with Gasteiger partial charge < -0.3 is 5.32 Å². The number of hydrogen-bond acceptors (Lipinski definition) is 2. The molecule has 0 saturated heterocycles. The van der Waals surface area contributed by atoms with E-state index in [1.807, 2.05) is 6.08 Å². The van der Waals surface area contributed by atoms with Crippen LogP contribution in [-0.4, -0.2) is 36.6 Å². The SMILES string of the molecule is C=CCN(CC(C)(C)CNC(C)C)C(C)C. The first kappa shape index (κ1) is 15.7. The Hall–Kier alpha value is -0.340. The Balaban J connectivity index is 4.23. The monoisotopic (exact) mass is 226 g/mol. The lowest BCUT2D eigenvalue weighted by atomic mass is 9.91. The summed E-state index contributed by atoms with van der Waals surface area (Å²) in [5.74, 6) is 0. The summed E-state index contributed by atoms with van der Waals surface area (Å²) in [7, 11) is 0. The van der Waals surface area contributed by atoms with Gasteiger partial charge in [0.25, 0.3) is 0 Å². The molecule has 0 heterocycles. The van der Waals surface area contributed by atoms with Crippen molar-refractivity contribution in [1.82, 2.24) is 10.2 Å². The van der Waals surface area contributed by atoms with Crippen molar-refractivity contribution in [2.45, 2.75) is 53.6 Å². The van der Waals surface area contributed by atoms with Gasteiger partial charge in [-0.25, -0.2) is 0 Å². The molecule has 96 valence electrons. The molecule has 0 rings (SSSR count). The minimum atomic E-state index is 0.303. The molecule has 0 radical (unpaired) electrons. The highest BCUT2D eigenvalue weighted by atomic mass is 15.2. The molecule has 0 aromatic rings. The highest BCUT2D eigenvalue weighted by Crippen LogP contribution is 2.17. The molecular weight excluding hydrogens is 196 g/mol. The minimum absolute atomic E-state index is 0.303. The van der Waals surface area contributed by atoms with Crippen molar-refractivity contribution in [2.75, 3.05) is 19.6 Å². The summed E-state index contributed by atoms with van der Waals surface area (Å²) in [5, 5.41) is 3.52. The predicted octanol–water partition coefficient (Wildman–Crippen LogP) is 2.91. The highest BCUT2D eigenvalue weighted by molar-refractivity contribution is 4.82. The van der Waals surface area contributed by atoms with E-state index in [0.29, 0.717) is 17.5 Å². The molecule has 2 nitrogen and oxygen atoms in total. The fourth-order valence-corrected chi connectivity index (χ4v) is 1.71. The van der Waals surface area contributed by atoms with Crippen molar-refractivity contribution >= 4 is 0 Å².